The molecule has 0 radical (unpaired) electrons. The van der Waals surface area contributed by atoms with Crippen LogP contribution in [0.25, 0.3) is 17.1 Å². The molecule has 0 aliphatic carbocycles. The van der Waals surface area contributed by atoms with Crippen LogP contribution < -0.4 is 0 Å². The van der Waals surface area contributed by atoms with E-state index in [1.165, 1.54) is 0 Å². The summed E-state index contributed by atoms with van der Waals surface area (Å²) >= 11 is 0.992. The number of rotatable bonds is 3. The van der Waals surface area contributed by atoms with Crippen LogP contribution in [0.4, 0.5) is 13.2 Å². The van der Waals surface area contributed by atoms with Crippen LogP contribution in [0.2, 0.25) is 0 Å². The molecule has 3 aromatic heterocycles. The molecule has 0 aliphatic heterocycles. The van der Waals surface area contributed by atoms with Crippen molar-refractivity contribution in [3.05, 3.63) is 46.8 Å². The molecule has 11 heteroatoms. The Morgan fingerprint density at radius 2 is 1.71 bits per heavy atom. The zero-order chi connectivity index (χ0) is 20.1. The number of alkyl halides is 3. The van der Waals surface area contributed by atoms with Crippen LogP contribution >= 0.6 is 11.8 Å². The van der Waals surface area contributed by atoms with E-state index in [4.69, 9.17) is 4.42 Å². The summed E-state index contributed by atoms with van der Waals surface area (Å²) in [5.74, 6) is -0.852. The Balaban J connectivity index is 1.74. The Kier molecular flexibility index (Phi) is 4.33. The van der Waals surface area contributed by atoms with Gasteiger partial charge in [-0.05, 0) is 49.7 Å². The zero-order valence-electron chi connectivity index (χ0n) is 14.9. The first-order valence-corrected chi connectivity index (χ1v) is 8.94. The summed E-state index contributed by atoms with van der Waals surface area (Å²) in [6.45, 7) is 5.32. The molecule has 0 saturated carbocycles. The van der Waals surface area contributed by atoms with Crippen molar-refractivity contribution in [3.8, 4) is 11.5 Å². The second-order valence-electron chi connectivity index (χ2n) is 6.10. The summed E-state index contributed by atoms with van der Waals surface area (Å²) in [5.41, 5.74) is 3.01. The van der Waals surface area contributed by atoms with Crippen molar-refractivity contribution in [2.45, 2.75) is 37.2 Å². The van der Waals surface area contributed by atoms with Gasteiger partial charge in [0.1, 0.15) is 5.03 Å². The lowest BCUT2D eigenvalue weighted by molar-refractivity contribution is -0.146. The Labute approximate surface area is 161 Å². The maximum absolute atomic E-state index is 13.2. The van der Waals surface area contributed by atoms with Crippen molar-refractivity contribution in [3.63, 3.8) is 0 Å². The van der Waals surface area contributed by atoms with Gasteiger partial charge in [0, 0.05) is 11.1 Å². The molecular formula is C17H13F3N6OS. The fourth-order valence-electron chi connectivity index (χ4n) is 2.63. The second kappa shape index (κ2) is 6.59. The highest BCUT2D eigenvalue weighted by Crippen LogP contribution is 2.34. The number of hydrogen-bond donors (Lipinski definition) is 0. The molecule has 1 aromatic carbocycles. The number of nitrogens with zero attached hydrogens (tertiary/aromatic N) is 6. The predicted octanol–water partition coefficient (Wildman–Crippen LogP) is 4.27. The third-order valence-corrected chi connectivity index (χ3v) is 5.19. The number of benzene rings is 1. The number of aromatic nitrogens is 6. The van der Waals surface area contributed by atoms with E-state index in [0.717, 1.165) is 22.9 Å². The monoisotopic (exact) mass is 406 g/mol. The maximum Gasteiger partial charge on any atom is 0.453 e. The highest BCUT2D eigenvalue weighted by molar-refractivity contribution is 7.99. The van der Waals surface area contributed by atoms with E-state index in [-0.39, 0.29) is 10.9 Å². The van der Waals surface area contributed by atoms with Gasteiger partial charge in [0.25, 0.3) is 11.0 Å². The molecule has 0 atom stereocenters. The van der Waals surface area contributed by atoms with E-state index in [2.05, 4.69) is 25.5 Å². The molecule has 28 heavy (non-hydrogen) atoms. The summed E-state index contributed by atoms with van der Waals surface area (Å²) in [6, 6.07) is 7.52. The molecule has 0 amide bonds. The molecule has 0 unspecified atom stereocenters. The lowest BCUT2D eigenvalue weighted by atomic mass is 10.1. The average Bonchev–Trinajstić information content (AvgIpc) is 3.26. The number of aryl methyl sites for hydroxylation is 2. The number of fused-ring (bicyclic) bond motifs is 1. The summed E-state index contributed by atoms with van der Waals surface area (Å²) in [4.78, 5) is 0. The van der Waals surface area contributed by atoms with Crippen LogP contribution in [-0.4, -0.2) is 30.0 Å². The van der Waals surface area contributed by atoms with Crippen molar-refractivity contribution >= 4 is 17.4 Å². The van der Waals surface area contributed by atoms with Gasteiger partial charge >= 0.3 is 6.18 Å². The van der Waals surface area contributed by atoms with Crippen LogP contribution in [0.15, 0.2) is 38.9 Å². The quantitative estimate of drug-likeness (QED) is 0.502. The predicted molar refractivity (Wildman–Crippen MR) is 93.9 cm³/mol. The van der Waals surface area contributed by atoms with Gasteiger partial charge in [-0.15, -0.1) is 20.4 Å². The van der Waals surface area contributed by atoms with E-state index >= 15 is 0 Å². The van der Waals surface area contributed by atoms with Gasteiger partial charge < -0.3 is 4.42 Å². The van der Waals surface area contributed by atoms with E-state index in [1.807, 2.05) is 31.2 Å². The van der Waals surface area contributed by atoms with Gasteiger partial charge in [0.05, 0.1) is 0 Å². The topological polar surface area (TPSA) is 82.0 Å². The highest BCUT2D eigenvalue weighted by Gasteiger charge is 2.38. The molecule has 7 nitrogen and oxygen atoms in total. The molecule has 0 bridgehead atoms. The molecule has 144 valence electrons. The van der Waals surface area contributed by atoms with Crippen LogP contribution in [0.3, 0.4) is 0 Å². The first-order chi connectivity index (χ1) is 13.3. The van der Waals surface area contributed by atoms with Gasteiger partial charge in [-0.1, -0.05) is 18.2 Å². The van der Waals surface area contributed by atoms with Crippen molar-refractivity contribution in [2.75, 3.05) is 0 Å². The molecule has 0 fully saturated rings. The molecule has 4 aromatic rings. The van der Waals surface area contributed by atoms with E-state index in [9.17, 15) is 13.2 Å². The van der Waals surface area contributed by atoms with Crippen LogP contribution in [0, 0.1) is 20.8 Å². The standard InChI is InChI=1S/C17H13F3N6OS/c1-8-6-4-5-7-11(8)13-22-24-16(27-13)28-14-10(3)9(2)12-21-23-15(17(18,19)20)26(12)25-14/h4-7H,1-3H3. The SMILES string of the molecule is Cc1ccccc1-c1nnc(Sc2nn3c(C(F)(F)F)nnc3c(C)c2C)o1. The van der Waals surface area contributed by atoms with Crippen molar-refractivity contribution in [2.24, 2.45) is 0 Å². The Morgan fingerprint density at radius 1 is 0.964 bits per heavy atom. The summed E-state index contributed by atoms with van der Waals surface area (Å²) < 4.78 is 45.9. The van der Waals surface area contributed by atoms with E-state index in [0.29, 0.717) is 26.6 Å². The molecule has 3 heterocycles. The summed E-state index contributed by atoms with van der Waals surface area (Å²) in [6.07, 6.45) is -4.67. The van der Waals surface area contributed by atoms with Gasteiger partial charge in [-0.3, -0.25) is 0 Å². The molecule has 0 spiro atoms. The normalized spacial score (nSPS) is 12.1. The molecular weight excluding hydrogens is 393 g/mol. The Bertz CT molecular complexity index is 1180. The third-order valence-electron chi connectivity index (χ3n) is 4.27. The number of halogens is 3. The lowest BCUT2D eigenvalue weighted by Crippen LogP contribution is -2.13. The molecule has 0 aliphatic rings. The fourth-order valence-corrected chi connectivity index (χ4v) is 3.43. The largest absolute Gasteiger partial charge is 0.453 e. The fraction of sp³-hybridized carbons (Fsp3) is 0.235. The molecule has 4 rings (SSSR count). The highest BCUT2D eigenvalue weighted by atomic mass is 32.2. The minimum atomic E-state index is -4.67. The van der Waals surface area contributed by atoms with Gasteiger partial charge in [0.15, 0.2) is 5.65 Å². The Hall–Kier alpha value is -2.95. The minimum Gasteiger partial charge on any atom is -0.411 e. The Morgan fingerprint density at radius 3 is 2.43 bits per heavy atom. The van der Waals surface area contributed by atoms with Crippen LogP contribution in [0.5, 0.6) is 0 Å². The van der Waals surface area contributed by atoms with Gasteiger partial charge in [-0.25, -0.2) is 0 Å². The van der Waals surface area contributed by atoms with E-state index < -0.39 is 12.0 Å². The number of hydrogen-bond acceptors (Lipinski definition) is 7. The molecule has 0 saturated heterocycles. The zero-order valence-corrected chi connectivity index (χ0v) is 15.8. The van der Waals surface area contributed by atoms with Crippen molar-refractivity contribution in [1.29, 1.82) is 0 Å². The lowest BCUT2D eigenvalue weighted by Gasteiger charge is -2.09. The van der Waals surface area contributed by atoms with E-state index in [1.54, 1.807) is 13.8 Å². The first kappa shape index (κ1) is 18.4. The first-order valence-electron chi connectivity index (χ1n) is 8.13. The summed E-state index contributed by atoms with van der Waals surface area (Å²) in [5, 5.41) is 19.4. The average molecular weight is 406 g/mol. The van der Waals surface area contributed by atoms with Crippen LogP contribution in [0.1, 0.15) is 22.5 Å². The second-order valence-corrected chi connectivity index (χ2v) is 7.04. The third kappa shape index (κ3) is 3.11. The molecule has 0 N–H and O–H groups in total. The maximum atomic E-state index is 13.2. The van der Waals surface area contributed by atoms with Gasteiger partial charge in [0.2, 0.25) is 5.89 Å². The van der Waals surface area contributed by atoms with Crippen LogP contribution in [-0.2, 0) is 6.18 Å². The minimum absolute atomic E-state index is 0.0558. The smallest absolute Gasteiger partial charge is 0.411 e. The van der Waals surface area contributed by atoms with Crippen molar-refractivity contribution in [1.82, 2.24) is 30.0 Å². The summed E-state index contributed by atoms with van der Waals surface area (Å²) in [7, 11) is 0. The van der Waals surface area contributed by atoms with Gasteiger partial charge in [-0.2, -0.15) is 22.8 Å². The van der Waals surface area contributed by atoms with Crippen molar-refractivity contribution < 1.29 is 17.6 Å².